The van der Waals surface area contributed by atoms with Crippen molar-refractivity contribution < 1.29 is 4.79 Å². The van der Waals surface area contributed by atoms with Crippen LogP contribution in [0.5, 0.6) is 0 Å². The van der Waals surface area contributed by atoms with Crippen molar-refractivity contribution in [2.24, 2.45) is 0 Å². The van der Waals surface area contributed by atoms with E-state index in [4.69, 9.17) is 0 Å². The minimum Gasteiger partial charge on any atom is -0.353 e. The lowest BCUT2D eigenvalue weighted by Crippen LogP contribution is -2.47. The number of fused-ring (bicyclic) bond motifs is 1. The quantitative estimate of drug-likeness (QED) is 0.624. The maximum atomic E-state index is 12.4. The van der Waals surface area contributed by atoms with Crippen LogP contribution >= 0.6 is 23.1 Å². The van der Waals surface area contributed by atoms with E-state index in [-0.39, 0.29) is 5.91 Å². The summed E-state index contributed by atoms with van der Waals surface area (Å²) in [5.41, 5.74) is 0.897. The number of nitrogens with zero attached hydrogens (tertiary/aromatic N) is 4. The highest BCUT2D eigenvalue weighted by Crippen LogP contribution is 2.27. The topological polar surface area (TPSA) is 61.4 Å². The zero-order chi connectivity index (χ0) is 19.3. The first-order chi connectivity index (χ1) is 13.7. The van der Waals surface area contributed by atoms with Crippen molar-refractivity contribution >= 4 is 50.7 Å². The van der Waals surface area contributed by atoms with Crippen LogP contribution in [-0.2, 0) is 4.79 Å². The normalized spacial score (nSPS) is 15.1. The molecule has 4 rings (SSSR count). The van der Waals surface area contributed by atoms with Crippen LogP contribution in [0.3, 0.4) is 0 Å². The van der Waals surface area contributed by atoms with Gasteiger partial charge in [-0.15, -0.1) is 23.1 Å². The molecule has 3 aromatic rings. The van der Waals surface area contributed by atoms with Crippen LogP contribution in [0.15, 0.2) is 46.9 Å². The fraction of sp³-hybridized carbons (Fsp3) is 0.350. The van der Waals surface area contributed by atoms with E-state index in [0.717, 1.165) is 59.3 Å². The molecular formula is C20H23N5OS2. The molecule has 0 atom stereocenters. The van der Waals surface area contributed by atoms with Crippen LogP contribution in [0.1, 0.15) is 6.42 Å². The summed E-state index contributed by atoms with van der Waals surface area (Å²) in [6.07, 6.45) is 4.17. The van der Waals surface area contributed by atoms with E-state index in [1.54, 1.807) is 29.4 Å². The largest absolute Gasteiger partial charge is 0.353 e. The number of amides is 1. The summed E-state index contributed by atoms with van der Waals surface area (Å²) < 4.78 is 0. The monoisotopic (exact) mass is 413 g/mol. The molecule has 146 valence electrons. The number of piperazine rings is 1. The molecule has 1 aliphatic heterocycles. The zero-order valence-electron chi connectivity index (χ0n) is 15.8. The SMILES string of the molecule is CSc1ccccc1NC(=O)CCN1CCN(c2ncnc3sccc23)CC1. The highest BCUT2D eigenvalue weighted by Gasteiger charge is 2.20. The van der Waals surface area contributed by atoms with Gasteiger partial charge >= 0.3 is 0 Å². The van der Waals surface area contributed by atoms with Gasteiger partial charge in [-0.05, 0) is 29.8 Å². The number of para-hydroxylation sites is 1. The number of thiophene rings is 1. The van der Waals surface area contributed by atoms with Crippen molar-refractivity contribution in [3.63, 3.8) is 0 Å². The molecule has 2 aromatic heterocycles. The molecule has 1 saturated heterocycles. The fourth-order valence-corrected chi connectivity index (χ4v) is 4.71. The highest BCUT2D eigenvalue weighted by atomic mass is 32.2. The summed E-state index contributed by atoms with van der Waals surface area (Å²) in [5.74, 6) is 1.09. The molecule has 0 saturated carbocycles. The van der Waals surface area contributed by atoms with Gasteiger partial charge < -0.3 is 10.2 Å². The Kier molecular flexibility index (Phi) is 6.09. The molecule has 0 bridgehead atoms. The molecule has 28 heavy (non-hydrogen) atoms. The molecule has 1 fully saturated rings. The van der Waals surface area contributed by atoms with Crippen LogP contribution in [0.2, 0.25) is 0 Å². The summed E-state index contributed by atoms with van der Waals surface area (Å²) >= 11 is 3.29. The number of carbonyl (C=O) groups is 1. The predicted molar refractivity (Wildman–Crippen MR) is 118 cm³/mol. The summed E-state index contributed by atoms with van der Waals surface area (Å²) in [5, 5.41) is 6.23. The molecule has 0 unspecified atom stereocenters. The standard InChI is InChI=1S/C20H23N5OS2/c1-27-17-5-3-2-4-16(17)23-18(26)6-8-24-9-11-25(12-10-24)19-15-7-13-28-20(15)22-14-21-19/h2-5,7,13-14H,6,8-12H2,1H3,(H,23,26). The Balaban J connectivity index is 1.28. The number of thioether (sulfide) groups is 1. The Bertz CT molecular complexity index is 952. The molecule has 1 aromatic carbocycles. The van der Waals surface area contributed by atoms with Crippen molar-refractivity contribution in [1.29, 1.82) is 0 Å². The third kappa shape index (κ3) is 4.29. The molecule has 0 spiro atoms. The zero-order valence-corrected chi connectivity index (χ0v) is 17.4. The van der Waals surface area contributed by atoms with Crippen LogP contribution in [-0.4, -0.2) is 59.8 Å². The lowest BCUT2D eigenvalue weighted by atomic mass is 10.2. The summed E-state index contributed by atoms with van der Waals surface area (Å²) in [6.45, 7) is 4.48. The summed E-state index contributed by atoms with van der Waals surface area (Å²) in [7, 11) is 0. The lowest BCUT2D eigenvalue weighted by molar-refractivity contribution is -0.116. The van der Waals surface area contributed by atoms with Gasteiger partial charge in [0, 0.05) is 44.0 Å². The molecule has 3 heterocycles. The number of carbonyl (C=O) groups excluding carboxylic acids is 1. The first-order valence-electron chi connectivity index (χ1n) is 9.33. The second kappa shape index (κ2) is 8.89. The van der Waals surface area contributed by atoms with E-state index in [0.29, 0.717) is 6.42 Å². The molecular weight excluding hydrogens is 390 g/mol. The average Bonchev–Trinajstić information content (AvgIpc) is 3.22. The number of nitrogens with one attached hydrogen (secondary N) is 1. The van der Waals surface area contributed by atoms with Crippen LogP contribution < -0.4 is 10.2 Å². The van der Waals surface area contributed by atoms with Crippen molar-refractivity contribution in [2.75, 3.05) is 49.2 Å². The molecule has 0 radical (unpaired) electrons. The second-order valence-corrected chi connectivity index (χ2v) is 8.41. The third-order valence-corrected chi connectivity index (χ3v) is 6.57. The van der Waals surface area contributed by atoms with Crippen LogP contribution in [0.4, 0.5) is 11.5 Å². The highest BCUT2D eigenvalue weighted by molar-refractivity contribution is 7.98. The minimum absolute atomic E-state index is 0.0692. The van der Waals surface area contributed by atoms with E-state index < -0.39 is 0 Å². The van der Waals surface area contributed by atoms with E-state index >= 15 is 0 Å². The van der Waals surface area contributed by atoms with Crippen molar-refractivity contribution in [3.8, 4) is 0 Å². The summed E-state index contributed by atoms with van der Waals surface area (Å²) in [6, 6.07) is 10.0. The van der Waals surface area contributed by atoms with E-state index in [9.17, 15) is 4.79 Å². The van der Waals surface area contributed by atoms with Gasteiger partial charge in [0.2, 0.25) is 5.91 Å². The number of hydrogen-bond acceptors (Lipinski definition) is 7. The molecule has 8 heteroatoms. The predicted octanol–water partition coefficient (Wildman–Crippen LogP) is 3.56. The van der Waals surface area contributed by atoms with Gasteiger partial charge in [-0.2, -0.15) is 0 Å². The Morgan fingerprint density at radius 3 is 2.82 bits per heavy atom. The van der Waals surface area contributed by atoms with Gasteiger partial charge in [0.25, 0.3) is 0 Å². The second-order valence-electron chi connectivity index (χ2n) is 6.66. The average molecular weight is 414 g/mol. The van der Waals surface area contributed by atoms with E-state index in [1.807, 2.05) is 30.5 Å². The molecule has 6 nitrogen and oxygen atoms in total. The Labute approximate surface area is 173 Å². The van der Waals surface area contributed by atoms with Crippen molar-refractivity contribution in [2.45, 2.75) is 11.3 Å². The van der Waals surface area contributed by atoms with Gasteiger partial charge in [-0.25, -0.2) is 9.97 Å². The number of rotatable bonds is 6. The maximum Gasteiger partial charge on any atom is 0.225 e. The minimum atomic E-state index is 0.0692. The van der Waals surface area contributed by atoms with Gasteiger partial charge in [-0.1, -0.05) is 12.1 Å². The van der Waals surface area contributed by atoms with Gasteiger partial charge in [0.05, 0.1) is 11.1 Å². The van der Waals surface area contributed by atoms with Crippen LogP contribution in [0, 0.1) is 0 Å². The molecule has 1 aliphatic rings. The number of anilines is 2. The number of hydrogen-bond donors (Lipinski definition) is 1. The third-order valence-electron chi connectivity index (χ3n) is 4.95. The smallest absolute Gasteiger partial charge is 0.225 e. The summed E-state index contributed by atoms with van der Waals surface area (Å²) in [4.78, 5) is 28.0. The Morgan fingerprint density at radius 2 is 2.00 bits per heavy atom. The lowest BCUT2D eigenvalue weighted by Gasteiger charge is -2.35. The van der Waals surface area contributed by atoms with Crippen molar-refractivity contribution in [1.82, 2.24) is 14.9 Å². The number of benzene rings is 1. The van der Waals surface area contributed by atoms with Gasteiger partial charge in [0.1, 0.15) is 17.0 Å². The Morgan fingerprint density at radius 1 is 1.18 bits per heavy atom. The van der Waals surface area contributed by atoms with Crippen LogP contribution in [0.25, 0.3) is 10.2 Å². The molecule has 0 aliphatic carbocycles. The Hall–Kier alpha value is -2.16. The maximum absolute atomic E-state index is 12.4. The fourth-order valence-electron chi connectivity index (χ4n) is 3.43. The van der Waals surface area contributed by atoms with E-state index in [2.05, 4.69) is 36.5 Å². The first-order valence-corrected chi connectivity index (χ1v) is 11.4. The van der Waals surface area contributed by atoms with Gasteiger partial charge in [-0.3, -0.25) is 9.69 Å². The van der Waals surface area contributed by atoms with E-state index in [1.165, 1.54) is 0 Å². The molecule has 1 N–H and O–H groups in total. The molecule has 1 amide bonds. The van der Waals surface area contributed by atoms with Crippen molar-refractivity contribution in [3.05, 3.63) is 42.0 Å². The first kappa shape index (κ1) is 19.2. The number of aromatic nitrogens is 2. The van der Waals surface area contributed by atoms with Gasteiger partial charge in [0.15, 0.2) is 0 Å².